The molecule has 1 aliphatic rings. The number of aromatic nitrogens is 1. The molecule has 2 rings (SSSR count). The number of anilines is 1. The van der Waals surface area contributed by atoms with Crippen molar-refractivity contribution in [1.82, 2.24) is 4.98 Å². The second-order valence-corrected chi connectivity index (χ2v) is 2.63. The highest BCUT2D eigenvalue weighted by molar-refractivity contribution is 5.69. The summed E-state index contributed by atoms with van der Waals surface area (Å²) in [6.07, 6.45) is 5.97. The summed E-state index contributed by atoms with van der Waals surface area (Å²) >= 11 is 0. The Morgan fingerprint density at radius 1 is 1.50 bits per heavy atom. The van der Waals surface area contributed by atoms with E-state index in [1.165, 1.54) is 5.56 Å². The van der Waals surface area contributed by atoms with Gasteiger partial charge < -0.3 is 16.8 Å². The highest BCUT2D eigenvalue weighted by Gasteiger charge is 2.00. The fraction of sp³-hybridized carbons (Fsp3) is 0.111. The number of nitrogens with two attached hydrogens (primary N) is 2. The van der Waals surface area contributed by atoms with Gasteiger partial charge in [-0.15, -0.1) is 0 Å². The molecule has 5 heteroatoms. The molecule has 1 aliphatic heterocycles. The second kappa shape index (κ2) is 4.86. The topological polar surface area (TPSA) is 94.0 Å². The summed E-state index contributed by atoms with van der Waals surface area (Å²) in [5.74, 6) is 0.991. The quantitative estimate of drug-likeness (QED) is 0.560. The lowest BCUT2D eigenvalue weighted by molar-refractivity contribution is 0.256. The predicted molar refractivity (Wildman–Crippen MR) is 55.5 cm³/mol. The maximum atomic E-state index is 9.00. The van der Waals surface area contributed by atoms with Crippen molar-refractivity contribution < 1.29 is 4.79 Å². The Bertz CT molecular complexity index is 344. The standard InChI is InChI=1S/C8H8N2.CH4N2O/c1-3-7-4-2-6-10-8(7)9-5-1;2-1(3)4/h1-5H,6H2,(H,9,10);(H4,2,3,4). The summed E-state index contributed by atoms with van der Waals surface area (Å²) in [6.45, 7) is 0.893. The van der Waals surface area contributed by atoms with Crippen molar-refractivity contribution in [3.05, 3.63) is 30.0 Å². The van der Waals surface area contributed by atoms with Crippen LogP contribution in [0.3, 0.4) is 0 Å². The van der Waals surface area contributed by atoms with Crippen LogP contribution in [0, 0.1) is 0 Å². The van der Waals surface area contributed by atoms with Gasteiger partial charge in [0.15, 0.2) is 0 Å². The first kappa shape index (κ1) is 10.0. The number of carbonyl (C=O) groups excluding carboxylic acids is 1. The van der Waals surface area contributed by atoms with Crippen LogP contribution < -0.4 is 16.8 Å². The number of pyridine rings is 1. The van der Waals surface area contributed by atoms with Gasteiger partial charge in [-0.25, -0.2) is 9.78 Å². The highest BCUT2D eigenvalue weighted by atomic mass is 16.2. The molecular weight excluding hydrogens is 180 g/mol. The highest BCUT2D eigenvalue weighted by Crippen LogP contribution is 2.15. The zero-order valence-electron chi connectivity index (χ0n) is 7.60. The van der Waals surface area contributed by atoms with E-state index in [2.05, 4.69) is 33.9 Å². The first-order valence-corrected chi connectivity index (χ1v) is 4.10. The van der Waals surface area contributed by atoms with Crippen molar-refractivity contribution in [2.75, 3.05) is 11.9 Å². The third-order valence-corrected chi connectivity index (χ3v) is 1.52. The van der Waals surface area contributed by atoms with E-state index in [1.807, 2.05) is 12.1 Å². The monoisotopic (exact) mass is 192 g/mol. The Morgan fingerprint density at radius 2 is 2.21 bits per heavy atom. The minimum Gasteiger partial charge on any atom is -0.366 e. The van der Waals surface area contributed by atoms with Crippen LogP contribution in [0.5, 0.6) is 0 Å². The van der Waals surface area contributed by atoms with E-state index in [4.69, 9.17) is 4.79 Å². The van der Waals surface area contributed by atoms with E-state index < -0.39 is 6.03 Å². The summed E-state index contributed by atoms with van der Waals surface area (Å²) in [6, 6.07) is 3.15. The van der Waals surface area contributed by atoms with Gasteiger partial charge in [0, 0.05) is 18.3 Å². The molecular formula is C9H12N4O. The fourth-order valence-corrected chi connectivity index (χ4v) is 1.04. The minimum atomic E-state index is -0.833. The molecule has 0 spiro atoms. The van der Waals surface area contributed by atoms with Crippen molar-refractivity contribution in [2.24, 2.45) is 11.5 Å². The Balaban J connectivity index is 0.000000213. The number of hydrogen-bond donors (Lipinski definition) is 3. The number of urea groups is 1. The van der Waals surface area contributed by atoms with Gasteiger partial charge in [0.05, 0.1) is 0 Å². The smallest absolute Gasteiger partial charge is 0.309 e. The zero-order chi connectivity index (χ0) is 10.4. The Kier molecular flexibility index (Phi) is 3.49. The van der Waals surface area contributed by atoms with Crippen molar-refractivity contribution in [3.63, 3.8) is 0 Å². The van der Waals surface area contributed by atoms with Gasteiger partial charge in [0.2, 0.25) is 0 Å². The molecule has 74 valence electrons. The molecule has 2 heterocycles. The van der Waals surface area contributed by atoms with Crippen LogP contribution in [-0.4, -0.2) is 17.6 Å². The van der Waals surface area contributed by atoms with Gasteiger partial charge >= 0.3 is 6.03 Å². The van der Waals surface area contributed by atoms with Crippen LogP contribution >= 0.6 is 0 Å². The number of hydrogen-bond acceptors (Lipinski definition) is 3. The summed E-state index contributed by atoms with van der Waals surface area (Å²) < 4.78 is 0. The van der Waals surface area contributed by atoms with E-state index >= 15 is 0 Å². The molecule has 0 unspecified atom stereocenters. The van der Waals surface area contributed by atoms with Gasteiger partial charge in [-0.05, 0) is 12.1 Å². The van der Waals surface area contributed by atoms with Gasteiger partial charge in [0.25, 0.3) is 0 Å². The molecule has 0 saturated carbocycles. The number of nitrogens with one attached hydrogen (secondary N) is 1. The summed E-state index contributed by atoms with van der Waals surface area (Å²) in [7, 11) is 0. The van der Waals surface area contributed by atoms with Crippen LogP contribution in [0.1, 0.15) is 5.56 Å². The number of nitrogens with zero attached hydrogens (tertiary/aromatic N) is 1. The van der Waals surface area contributed by atoms with Crippen molar-refractivity contribution >= 4 is 17.9 Å². The minimum absolute atomic E-state index is 0.833. The van der Waals surface area contributed by atoms with E-state index in [0.717, 1.165) is 12.4 Å². The molecule has 2 amide bonds. The van der Waals surface area contributed by atoms with Crippen molar-refractivity contribution in [2.45, 2.75) is 0 Å². The van der Waals surface area contributed by atoms with Gasteiger partial charge in [0.1, 0.15) is 5.82 Å². The zero-order valence-corrected chi connectivity index (χ0v) is 7.60. The average Bonchev–Trinajstić information content (AvgIpc) is 2.17. The van der Waals surface area contributed by atoms with Crippen LogP contribution in [0.2, 0.25) is 0 Å². The maximum absolute atomic E-state index is 9.00. The van der Waals surface area contributed by atoms with Crippen molar-refractivity contribution in [3.8, 4) is 0 Å². The van der Waals surface area contributed by atoms with Gasteiger partial charge in [-0.3, -0.25) is 0 Å². The summed E-state index contributed by atoms with van der Waals surface area (Å²) in [5, 5.41) is 3.16. The van der Waals surface area contributed by atoms with Crippen LogP contribution in [0.15, 0.2) is 24.4 Å². The first-order chi connectivity index (χ1) is 6.70. The molecule has 5 nitrogen and oxygen atoms in total. The Hall–Kier alpha value is -2.04. The summed E-state index contributed by atoms with van der Waals surface area (Å²) in [5.41, 5.74) is 9.67. The van der Waals surface area contributed by atoms with E-state index in [1.54, 1.807) is 6.20 Å². The summed E-state index contributed by atoms with van der Waals surface area (Å²) in [4.78, 5) is 13.2. The molecule has 0 radical (unpaired) electrons. The number of primary amides is 2. The van der Waals surface area contributed by atoms with Crippen LogP contribution in [0.4, 0.5) is 10.6 Å². The molecule has 5 N–H and O–H groups in total. The molecule has 0 bridgehead atoms. The van der Waals surface area contributed by atoms with E-state index in [9.17, 15) is 0 Å². The Morgan fingerprint density at radius 3 is 2.86 bits per heavy atom. The fourth-order valence-electron chi connectivity index (χ4n) is 1.04. The molecule has 0 aromatic carbocycles. The van der Waals surface area contributed by atoms with Gasteiger partial charge in [-0.1, -0.05) is 12.2 Å². The Labute approximate surface area is 81.8 Å². The lowest BCUT2D eigenvalue weighted by atomic mass is 10.2. The predicted octanol–water partition coefficient (Wildman–Crippen LogP) is 0.544. The normalized spacial score (nSPS) is 11.7. The molecule has 0 fully saturated rings. The van der Waals surface area contributed by atoms with Gasteiger partial charge in [-0.2, -0.15) is 0 Å². The van der Waals surface area contributed by atoms with Crippen LogP contribution in [0.25, 0.3) is 6.08 Å². The molecule has 1 aromatic heterocycles. The largest absolute Gasteiger partial charge is 0.366 e. The SMILES string of the molecule is C1=Cc2cccnc2NC1.NC(N)=O. The molecule has 1 aromatic rings. The number of amides is 2. The third kappa shape index (κ3) is 3.14. The van der Waals surface area contributed by atoms with E-state index in [0.29, 0.717) is 0 Å². The van der Waals surface area contributed by atoms with Crippen LogP contribution in [-0.2, 0) is 0 Å². The lowest BCUT2D eigenvalue weighted by Gasteiger charge is -2.09. The number of carbonyl (C=O) groups is 1. The molecule has 0 aliphatic carbocycles. The number of fused-ring (bicyclic) bond motifs is 1. The lowest BCUT2D eigenvalue weighted by Crippen LogP contribution is -2.18. The number of rotatable bonds is 0. The third-order valence-electron chi connectivity index (χ3n) is 1.52. The molecule has 0 atom stereocenters. The maximum Gasteiger partial charge on any atom is 0.309 e. The molecule has 14 heavy (non-hydrogen) atoms. The second-order valence-electron chi connectivity index (χ2n) is 2.63. The first-order valence-electron chi connectivity index (χ1n) is 4.10. The average molecular weight is 192 g/mol. The molecule has 0 saturated heterocycles. The van der Waals surface area contributed by atoms with E-state index in [-0.39, 0.29) is 0 Å². The van der Waals surface area contributed by atoms with Crippen molar-refractivity contribution in [1.29, 1.82) is 0 Å².